The lowest BCUT2D eigenvalue weighted by atomic mass is 9.93. The summed E-state index contributed by atoms with van der Waals surface area (Å²) >= 11 is 0. The van der Waals surface area contributed by atoms with Crippen LogP contribution in [0.3, 0.4) is 0 Å². The third kappa shape index (κ3) is 4.22. The maximum Gasteiger partial charge on any atom is 0.274 e. The van der Waals surface area contributed by atoms with Gasteiger partial charge in [-0.15, -0.1) is 0 Å². The first-order valence-corrected chi connectivity index (χ1v) is 12.4. The minimum atomic E-state index is -1.14. The smallest absolute Gasteiger partial charge is 0.274 e. The number of carbonyl (C=O) groups is 3. The quantitative estimate of drug-likeness (QED) is 0.532. The Morgan fingerprint density at radius 2 is 1.83 bits per heavy atom. The lowest BCUT2D eigenvalue weighted by molar-refractivity contribution is -0.134. The van der Waals surface area contributed by atoms with Crippen LogP contribution >= 0.6 is 0 Å². The van der Waals surface area contributed by atoms with Crippen LogP contribution < -0.4 is 10.6 Å². The van der Waals surface area contributed by atoms with E-state index in [0.29, 0.717) is 17.1 Å². The second kappa shape index (κ2) is 9.24. The van der Waals surface area contributed by atoms with Crippen molar-refractivity contribution in [2.24, 2.45) is 0 Å². The summed E-state index contributed by atoms with van der Waals surface area (Å²) in [6, 6.07) is 11.3. The first-order chi connectivity index (χ1) is 16.9. The van der Waals surface area contributed by atoms with E-state index < -0.39 is 5.54 Å². The van der Waals surface area contributed by atoms with Crippen molar-refractivity contribution >= 4 is 34.3 Å². The molecule has 1 unspecified atom stereocenters. The fraction of sp³-hybridized carbons (Fsp3) is 0.444. The van der Waals surface area contributed by atoms with Gasteiger partial charge in [0.15, 0.2) is 0 Å². The molecule has 1 aliphatic carbocycles. The van der Waals surface area contributed by atoms with Crippen LogP contribution in [0.15, 0.2) is 47.1 Å². The Hall–Kier alpha value is -3.55. The van der Waals surface area contributed by atoms with Crippen LogP contribution in [0.1, 0.15) is 68.6 Å². The maximum absolute atomic E-state index is 14.1. The zero-order valence-corrected chi connectivity index (χ0v) is 20.3. The molecule has 1 fully saturated rings. The van der Waals surface area contributed by atoms with Gasteiger partial charge in [0.25, 0.3) is 5.91 Å². The van der Waals surface area contributed by atoms with Crippen LogP contribution in [0.25, 0.3) is 10.9 Å². The number of benzene rings is 1. The van der Waals surface area contributed by atoms with Gasteiger partial charge < -0.3 is 24.5 Å². The molecule has 8 heteroatoms. The Morgan fingerprint density at radius 3 is 2.51 bits per heavy atom. The number of fused-ring (bicyclic) bond motifs is 3. The summed E-state index contributed by atoms with van der Waals surface area (Å²) in [5, 5.41) is 6.91. The molecule has 5 rings (SSSR count). The van der Waals surface area contributed by atoms with Crippen molar-refractivity contribution in [3.05, 3.63) is 54.1 Å². The molecule has 0 bridgehead atoms. The van der Waals surface area contributed by atoms with E-state index >= 15 is 0 Å². The number of rotatable bonds is 5. The number of anilines is 1. The molecule has 1 aromatic carbocycles. The number of amides is 3. The molecule has 1 aliphatic heterocycles. The highest BCUT2D eigenvalue weighted by Crippen LogP contribution is 2.39. The molecule has 0 radical (unpaired) electrons. The topological polar surface area (TPSA) is 96.6 Å². The van der Waals surface area contributed by atoms with E-state index in [9.17, 15) is 14.4 Å². The maximum atomic E-state index is 14.1. The molecular formula is C27H32N4O4. The van der Waals surface area contributed by atoms with E-state index in [0.717, 1.165) is 36.6 Å². The summed E-state index contributed by atoms with van der Waals surface area (Å²) in [5.41, 5.74) is 0.533. The Morgan fingerprint density at radius 1 is 1.09 bits per heavy atom. The van der Waals surface area contributed by atoms with Crippen LogP contribution in [0.4, 0.5) is 5.69 Å². The minimum absolute atomic E-state index is 0.111. The molecule has 3 amide bonds. The number of hydrogen-bond donors (Lipinski definition) is 2. The first-order valence-electron chi connectivity index (χ1n) is 12.4. The molecule has 184 valence electrons. The van der Waals surface area contributed by atoms with Gasteiger partial charge in [-0.2, -0.15) is 0 Å². The number of aromatic nitrogens is 1. The van der Waals surface area contributed by atoms with Gasteiger partial charge in [-0.05, 0) is 38.0 Å². The molecule has 1 saturated carbocycles. The average molecular weight is 477 g/mol. The van der Waals surface area contributed by atoms with Gasteiger partial charge in [0.05, 0.1) is 30.6 Å². The Balaban J connectivity index is 1.60. The standard InChI is InChI=1S/C27H32N4O4/c1-18(32)28-23-21-13-7-8-14-22(21)30-17-27(2,26(34)29-19-10-5-3-4-6-11-19)31(25(33)24(23)30)16-20-12-9-15-35-20/h7-9,12-15,19H,3-6,10-11,16-17H2,1-2H3,(H,28,32)(H,29,34). The van der Waals surface area contributed by atoms with Gasteiger partial charge in [0.1, 0.15) is 17.0 Å². The van der Waals surface area contributed by atoms with E-state index in [2.05, 4.69) is 10.6 Å². The molecule has 3 aromatic rings. The predicted molar refractivity (Wildman–Crippen MR) is 133 cm³/mol. The van der Waals surface area contributed by atoms with Crippen molar-refractivity contribution < 1.29 is 18.8 Å². The molecule has 0 spiro atoms. The van der Waals surface area contributed by atoms with Crippen LogP contribution in [-0.2, 0) is 22.7 Å². The van der Waals surface area contributed by atoms with E-state index in [1.165, 1.54) is 19.8 Å². The van der Waals surface area contributed by atoms with Crippen molar-refractivity contribution in [2.45, 2.75) is 77.0 Å². The summed E-state index contributed by atoms with van der Waals surface area (Å²) in [6.45, 7) is 3.68. The molecule has 0 saturated heterocycles. The van der Waals surface area contributed by atoms with Crippen LogP contribution in [-0.4, -0.2) is 38.8 Å². The summed E-state index contributed by atoms with van der Waals surface area (Å²) < 4.78 is 7.45. The third-order valence-corrected chi connectivity index (χ3v) is 7.36. The SMILES string of the molecule is CC(=O)Nc1c2n(c3ccccc13)CC(C)(C(=O)NC1CCCCCC1)N(Cc1ccco1)C2=O. The number of nitrogens with zero attached hydrogens (tertiary/aromatic N) is 2. The van der Waals surface area contributed by atoms with Gasteiger partial charge in [-0.25, -0.2) is 0 Å². The molecular weight excluding hydrogens is 444 g/mol. The van der Waals surface area contributed by atoms with Gasteiger partial charge in [0.2, 0.25) is 11.8 Å². The normalized spacial score (nSPS) is 21.0. The molecule has 3 heterocycles. The molecule has 35 heavy (non-hydrogen) atoms. The van der Waals surface area contributed by atoms with Gasteiger partial charge in [0, 0.05) is 18.4 Å². The van der Waals surface area contributed by atoms with Gasteiger partial charge in [-0.1, -0.05) is 43.9 Å². The monoisotopic (exact) mass is 476 g/mol. The summed E-state index contributed by atoms with van der Waals surface area (Å²) in [7, 11) is 0. The summed E-state index contributed by atoms with van der Waals surface area (Å²) in [5.74, 6) is -0.133. The van der Waals surface area contributed by atoms with Crippen molar-refractivity contribution in [2.75, 3.05) is 5.32 Å². The predicted octanol–water partition coefficient (Wildman–Crippen LogP) is 4.45. The molecule has 1 atom stereocenters. The van der Waals surface area contributed by atoms with Crippen molar-refractivity contribution in [3.63, 3.8) is 0 Å². The molecule has 2 N–H and O–H groups in total. The minimum Gasteiger partial charge on any atom is -0.467 e. The Labute approximate surface area is 204 Å². The number of para-hydroxylation sites is 1. The Kier molecular flexibility index (Phi) is 6.13. The number of hydrogen-bond acceptors (Lipinski definition) is 4. The van der Waals surface area contributed by atoms with Gasteiger partial charge >= 0.3 is 0 Å². The highest BCUT2D eigenvalue weighted by molar-refractivity contribution is 6.14. The lowest BCUT2D eigenvalue weighted by Gasteiger charge is -2.44. The fourth-order valence-corrected chi connectivity index (χ4v) is 5.50. The number of carbonyl (C=O) groups excluding carboxylic acids is 3. The summed E-state index contributed by atoms with van der Waals surface area (Å²) in [4.78, 5) is 41.7. The van der Waals surface area contributed by atoms with Crippen LogP contribution in [0.5, 0.6) is 0 Å². The third-order valence-electron chi connectivity index (χ3n) is 7.36. The second-order valence-corrected chi connectivity index (χ2v) is 9.91. The number of furan rings is 1. The second-order valence-electron chi connectivity index (χ2n) is 9.91. The largest absolute Gasteiger partial charge is 0.467 e. The molecule has 2 aromatic heterocycles. The number of nitrogens with one attached hydrogen (secondary N) is 2. The molecule has 2 aliphatic rings. The summed E-state index contributed by atoms with van der Waals surface area (Å²) in [6.07, 6.45) is 8.06. The average Bonchev–Trinajstić information content (AvgIpc) is 3.36. The van der Waals surface area contributed by atoms with E-state index in [-0.39, 0.29) is 36.9 Å². The molecule has 8 nitrogen and oxygen atoms in total. The first kappa shape index (κ1) is 23.2. The van der Waals surface area contributed by atoms with Crippen molar-refractivity contribution in [3.8, 4) is 0 Å². The van der Waals surface area contributed by atoms with Gasteiger partial charge in [-0.3, -0.25) is 14.4 Å². The van der Waals surface area contributed by atoms with E-state index in [1.54, 1.807) is 23.3 Å². The zero-order valence-electron chi connectivity index (χ0n) is 20.3. The Bertz CT molecular complexity index is 1250. The highest BCUT2D eigenvalue weighted by atomic mass is 16.3. The van der Waals surface area contributed by atoms with Crippen LogP contribution in [0, 0.1) is 0 Å². The van der Waals surface area contributed by atoms with Crippen molar-refractivity contribution in [1.29, 1.82) is 0 Å². The van der Waals surface area contributed by atoms with Crippen molar-refractivity contribution in [1.82, 2.24) is 14.8 Å². The van der Waals surface area contributed by atoms with Crippen LogP contribution in [0.2, 0.25) is 0 Å². The lowest BCUT2D eigenvalue weighted by Crippen LogP contribution is -2.64. The van der Waals surface area contributed by atoms with E-state index in [4.69, 9.17) is 4.42 Å². The van der Waals surface area contributed by atoms with E-state index in [1.807, 2.05) is 35.8 Å². The zero-order chi connectivity index (χ0) is 24.6. The highest BCUT2D eigenvalue weighted by Gasteiger charge is 2.49. The fourth-order valence-electron chi connectivity index (χ4n) is 5.50.